The molecular formula is C10H22N2O4S. The van der Waals surface area contributed by atoms with E-state index in [1.807, 2.05) is 6.92 Å². The van der Waals surface area contributed by atoms with E-state index < -0.39 is 10.0 Å². The quantitative estimate of drug-likeness (QED) is 0.575. The first-order valence-corrected chi connectivity index (χ1v) is 7.51. The third kappa shape index (κ3) is 4.51. The van der Waals surface area contributed by atoms with Crippen molar-refractivity contribution >= 4 is 10.0 Å². The molecule has 102 valence electrons. The highest BCUT2D eigenvalue weighted by atomic mass is 32.2. The molecule has 0 radical (unpaired) electrons. The summed E-state index contributed by atoms with van der Waals surface area (Å²) >= 11 is 0. The lowest BCUT2D eigenvalue weighted by Crippen LogP contribution is -2.64. The molecule has 0 spiro atoms. The fourth-order valence-electron chi connectivity index (χ4n) is 1.85. The van der Waals surface area contributed by atoms with E-state index in [4.69, 9.17) is 15.2 Å². The SMILES string of the molecule is CCOC1CC(N)C1NS(=O)(=O)CCCOC. The zero-order chi connectivity index (χ0) is 12.9. The van der Waals surface area contributed by atoms with Gasteiger partial charge in [0, 0.05) is 26.4 Å². The topological polar surface area (TPSA) is 90.6 Å². The van der Waals surface area contributed by atoms with E-state index in [2.05, 4.69) is 4.72 Å². The number of ether oxygens (including phenoxy) is 2. The van der Waals surface area contributed by atoms with E-state index in [9.17, 15) is 8.42 Å². The number of nitrogens with two attached hydrogens (primary N) is 1. The molecule has 1 saturated carbocycles. The molecule has 1 fully saturated rings. The molecule has 17 heavy (non-hydrogen) atoms. The maximum absolute atomic E-state index is 11.7. The normalized spacial score (nSPS) is 29.0. The smallest absolute Gasteiger partial charge is 0.212 e. The van der Waals surface area contributed by atoms with Gasteiger partial charge in [0.15, 0.2) is 0 Å². The summed E-state index contributed by atoms with van der Waals surface area (Å²) in [7, 11) is -1.74. The van der Waals surface area contributed by atoms with E-state index in [1.54, 1.807) is 7.11 Å². The van der Waals surface area contributed by atoms with Crippen molar-refractivity contribution in [3.63, 3.8) is 0 Å². The molecular weight excluding hydrogens is 244 g/mol. The highest BCUT2D eigenvalue weighted by Crippen LogP contribution is 2.23. The molecule has 0 heterocycles. The summed E-state index contributed by atoms with van der Waals surface area (Å²) in [6.07, 6.45) is 1.10. The molecule has 3 atom stereocenters. The van der Waals surface area contributed by atoms with Crippen molar-refractivity contribution in [2.45, 2.75) is 38.0 Å². The van der Waals surface area contributed by atoms with Gasteiger partial charge >= 0.3 is 0 Å². The lowest BCUT2D eigenvalue weighted by Gasteiger charge is -2.42. The number of methoxy groups -OCH3 is 1. The highest BCUT2D eigenvalue weighted by molar-refractivity contribution is 7.89. The summed E-state index contributed by atoms with van der Waals surface area (Å²) in [5.41, 5.74) is 5.77. The van der Waals surface area contributed by atoms with Gasteiger partial charge in [0.05, 0.1) is 17.9 Å². The van der Waals surface area contributed by atoms with Crippen LogP contribution in [0.15, 0.2) is 0 Å². The molecule has 1 aliphatic rings. The minimum absolute atomic E-state index is 0.0584. The molecule has 0 saturated heterocycles. The molecule has 7 heteroatoms. The van der Waals surface area contributed by atoms with Gasteiger partial charge in [-0.05, 0) is 19.8 Å². The summed E-state index contributed by atoms with van der Waals surface area (Å²) in [6, 6.07) is -0.439. The van der Waals surface area contributed by atoms with Gasteiger partial charge in [0.2, 0.25) is 10.0 Å². The van der Waals surface area contributed by atoms with Crippen LogP contribution in [0.3, 0.4) is 0 Å². The maximum atomic E-state index is 11.7. The average molecular weight is 266 g/mol. The minimum atomic E-state index is -3.29. The van der Waals surface area contributed by atoms with Crippen LogP contribution < -0.4 is 10.5 Å². The predicted molar refractivity (Wildman–Crippen MR) is 65.2 cm³/mol. The Kier molecular flexibility index (Phi) is 5.81. The van der Waals surface area contributed by atoms with Gasteiger partial charge in [0.25, 0.3) is 0 Å². The van der Waals surface area contributed by atoms with Crippen molar-refractivity contribution in [2.24, 2.45) is 5.73 Å². The molecule has 1 aliphatic carbocycles. The van der Waals surface area contributed by atoms with Crippen LogP contribution in [-0.4, -0.2) is 52.7 Å². The largest absolute Gasteiger partial charge is 0.385 e. The predicted octanol–water partition coefficient (Wildman–Crippen LogP) is -0.553. The second-order valence-corrected chi connectivity index (χ2v) is 6.08. The number of sulfonamides is 1. The highest BCUT2D eigenvalue weighted by Gasteiger charge is 2.41. The lowest BCUT2D eigenvalue weighted by atomic mass is 9.84. The van der Waals surface area contributed by atoms with E-state index in [0.717, 1.165) is 0 Å². The van der Waals surface area contributed by atoms with Gasteiger partial charge in [-0.25, -0.2) is 13.1 Å². The van der Waals surface area contributed by atoms with Gasteiger partial charge in [0.1, 0.15) is 0 Å². The summed E-state index contributed by atoms with van der Waals surface area (Å²) in [5.74, 6) is 0.0584. The van der Waals surface area contributed by atoms with Crippen LogP contribution in [0.2, 0.25) is 0 Å². The first-order valence-electron chi connectivity index (χ1n) is 5.86. The number of hydrogen-bond acceptors (Lipinski definition) is 5. The molecule has 6 nitrogen and oxygen atoms in total. The van der Waals surface area contributed by atoms with Crippen LogP contribution in [0.5, 0.6) is 0 Å². The third-order valence-electron chi connectivity index (χ3n) is 2.82. The van der Waals surface area contributed by atoms with Crippen LogP contribution in [0.25, 0.3) is 0 Å². The second-order valence-electron chi connectivity index (χ2n) is 4.20. The first-order chi connectivity index (χ1) is 8.00. The van der Waals surface area contributed by atoms with Crippen LogP contribution in [0.1, 0.15) is 19.8 Å². The number of rotatable bonds is 8. The number of hydrogen-bond donors (Lipinski definition) is 2. The standard InChI is InChI=1S/C10H22N2O4S/c1-3-16-9-7-8(11)10(9)12-17(13,14)6-4-5-15-2/h8-10,12H,3-7,11H2,1-2H3. The summed E-state index contributed by atoms with van der Waals surface area (Å²) in [4.78, 5) is 0. The Hall–Kier alpha value is -0.210. The maximum Gasteiger partial charge on any atom is 0.212 e. The summed E-state index contributed by atoms with van der Waals surface area (Å²) < 4.78 is 36.3. The average Bonchev–Trinajstić information content (AvgIpc) is 2.26. The number of nitrogens with one attached hydrogen (secondary N) is 1. The Morgan fingerprint density at radius 3 is 2.71 bits per heavy atom. The lowest BCUT2D eigenvalue weighted by molar-refractivity contribution is -0.0248. The van der Waals surface area contributed by atoms with Crippen LogP contribution in [-0.2, 0) is 19.5 Å². The van der Waals surface area contributed by atoms with E-state index >= 15 is 0 Å². The zero-order valence-electron chi connectivity index (χ0n) is 10.4. The van der Waals surface area contributed by atoms with Crippen molar-refractivity contribution in [1.29, 1.82) is 0 Å². The van der Waals surface area contributed by atoms with Crippen molar-refractivity contribution in [3.05, 3.63) is 0 Å². The summed E-state index contributed by atoms with van der Waals surface area (Å²) in [6.45, 7) is 2.89. The van der Waals surface area contributed by atoms with Crippen molar-refractivity contribution < 1.29 is 17.9 Å². The molecule has 0 bridgehead atoms. The van der Waals surface area contributed by atoms with Crippen LogP contribution in [0.4, 0.5) is 0 Å². The van der Waals surface area contributed by atoms with Gasteiger partial charge in [-0.15, -0.1) is 0 Å². The molecule has 3 N–H and O–H groups in total. The monoisotopic (exact) mass is 266 g/mol. The Morgan fingerprint density at radius 1 is 1.47 bits per heavy atom. The van der Waals surface area contributed by atoms with Gasteiger partial charge in [-0.2, -0.15) is 0 Å². The van der Waals surface area contributed by atoms with Gasteiger partial charge < -0.3 is 15.2 Å². The fourth-order valence-corrected chi connectivity index (χ4v) is 3.21. The third-order valence-corrected chi connectivity index (χ3v) is 4.28. The molecule has 0 amide bonds. The Bertz CT molecular complexity index is 318. The van der Waals surface area contributed by atoms with E-state index in [0.29, 0.717) is 26.1 Å². The van der Waals surface area contributed by atoms with Crippen molar-refractivity contribution in [2.75, 3.05) is 26.1 Å². The Balaban J connectivity index is 2.40. The van der Waals surface area contributed by atoms with Gasteiger partial charge in [-0.3, -0.25) is 0 Å². The molecule has 3 unspecified atom stereocenters. The zero-order valence-corrected chi connectivity index (χ0v) is 11.2. The minimum Gasteiger partial charge on any atom is -0.385 e. The molecule has 0 aromatic heterocycles. The van der Waals surface area contributed by atoms with Gasteiger partial charge in [-0.1, -0.05) is 0 Å². The van der Waals surface area contributed by atoms with Crippen molar-refractivity contribution in [3.8, 4) is 0 Å². The second kappa shape index (κ2) is 6.65. The molecule has 0 aromatic carbocycles. The fraction of sp³-hybridized carbons (Fsp3) is 1.00. The first kappa shape index (κ1) is 14.8. The summed E-state index contributed by atoms with van der Waals surface area (Å²) in [5, 5.41) is 0. The van der Waals surface area contributed by atoms with Crippen molar-refractivity contribution in [1.82, 2.24) is 4.72 Å². The van der Waals surface area contributed by atoms with Crippen LogP contribution in [0, 0.1) is 0 Å². The van der Waals surface area contributed by atoms with Crippen LogP contribution >= 0.6 is 0 Å². The Labute approximate surface area is 103 Å². The van der Waals surface area contributed by atoms with E-state index in [-0.39, 0.29) is 23.9 Å². The molecule has 1 rings (SSSR count). The Morgan fingerprint density at radius 2 is 2.18 bits per heavy atom. The van der Waals surface area contributed by atoms with E-state index in [1.165, 1.54) is 0 Å². The molecule has 0 aromatic rings. The molecule has 0 aliphatic heterocycles.